The highest BCUT2D eigenvalue weighted by Gasteiger charge is 2.46. The van der Waals surface area contributed by atoms with Crippen LogP contribution in [0.1, 0.15) is 36.8 Å². The summed E-state index contributed by atoms with van der Waals surface area (Å²) in [5.41, 5.74) is 0.424. The van der Waals surface area contributed by atoms with E-state index < -0.39 is 17.2 Å². The Hall–Kier alpha value is -3.01. The van der Waals surface area contributed by atoms with Crippen LogP contribution in [0, 0.1) is 23.5 Å². The van der Waals surface area contributed by atoms with Gasteiger partial charge in [-0.15, -0.1) is 0 Å². The molecule has 1 saturated heterocycles. The number of hydrogen-bond acceptors (Lipinski definition) is 3. The predicted molar refractivity (Wildman–Crippen MR) is 87.5 cm³/mol. The minimum absolute atomic E-state index is 0.180. The van der Waals surface area contributed by atoms with Crippen molar-refractivity contribution in [2.45, 2.75) is 25.4 Å². The van der Waals surface area contributed by atoms with Crippen LogP contribution < -0.4 is 5.32 Å². The minimum atomic E-state index is -0.943. The molecule has 0 radical (unpaired) electrons. The highest BCUT2D eigenvalue weighted by atomic mass is 19.2. The van der Waals surface area contributed by atoms with Crippen LogP contribution in [0.2, 0.25) is 0 Å². The maximum atomic E-state index is 13.2. The number of nitrogens with one attached hydrogen (secondary N) is 1. The first-order valence-electron chi connectivity index (χ1n) is 7.62. The van der Waals surface area contributed by atoms with E-state index in [1.165, 1.54) is 18.5 Å². The number of aromatic nitrogens is 2. The van der Waals surface area contributed by atoms with Gasteiger partial charge in [0.15, 0.2) is 17.5 Å². The number of carbonyl (C=O) groups excluding carboxylic acids is 1. The molecule has 7 heteroatoms. The molecule has 1 aliphatic rings. The van der Waals surface area contributed by atoms with Gasteiger partial charge in [0.1, 0.15) is 6.04 Å². The number of hydrogen-bond donors (Lipinski definition) is 1. The van der Waals surface area contributed by atoms with Gasteiger partial charge in [-0.25, -0.2) is 23.5 Å². The van der Waals surface area contributed by atoms with Crippen molar-refractivity contribution in [3.05, 3.63) is 59.2 Å². The normalized spacial score (nSPS) is 18.5. The second-order valence-corrected chi connectivity index (χ2v) is 6.30. The molecule has 1 unspecified atom stereocenters. The molecule has 2 amide bonds. The number of rotatable bonds is 1. The van der Waals surface area contributed by atoms with Crippen LogP contribution >= 0.6 is 0 Å². The lowest BCUT2D eigenvalue weighted by Crippen LogP contribution is -2.40. The third-order valence-electron chi connectivity index (χ3n) is 4.34. The number of urea groups is 1. The van der Waals surface area contributed by atoms with E-state index in [-0.39, 0.29) is 12.1 Å². The van der Waals surface area contributed by atoms with Crippen molar-refractivity contribution < 1.29 is 13.6 Å². The van der Waals surface area contributed by atoms with Crippen LogP contribution in [0.15, 0.2) is 30.6 Å². The Bertz CT molecular complexity index is 884. The Morgan fingerprint density at radius 2 is 1.76 bits per heavy atom. The Labute approximate surface area is 144 Å². The quantitative estimate of drug-likeness (QED) is 0.811. The van der Waals surface area contributed by atoms with Gasteiger partial charge in [-0.2, -0.15) is 0 Å². The first kappa shape index (κ1) is 16.8. The Kier molecular flexibility index (Phi) is 4.13. The van der Waals surface area contributed by atoms with Crippen molar-refractivity contribution in [2.24, 2.45) is 0 Å². The molecule has 3 rings (SSSR count). The lowest BCUT2D eigenvalue weighted by molar-refractivity contribution is 0.186. The molecule has 1 aromatic carbocycles. The van der Waals surface area contributed by atoms with Crippen LogP contribution in [-0.2, 0) is 0 Å². The largest absolute Gasteiger partial charge is 0.326 e. The third-order valence-corrected chi connectivity index (χ3v) is 4.34. The molecule has 0 saturated carbocycles. The van der Waals surface area contributed by atoms with Crippen LogP contribution in [0.25, 0.3) is 0 Å². The fraction of sp³-hybridized carbons (Fsp3) is 0.278. The maximum Gasteiger partial charge on any atom is 0.318 e. The lowest BCUT2D eigenvalue weighted by atomic mass is 9.95. The van der Waals surface area contributed by atoms with Crippen molar-refractivity contribution in [2.75, 3.05) is 7.05 Å². The monoisotopic (exact) mass is 342 g/mol. The van der Waals surface area contributed by atoms with E-state index in [4.69, 9.17) is 0 Å². The summed E-state index contributed by atoms with van der Waals surface area (Å²) in [6, 6.07) is 2.94. The average molecular weight is 342 g/mol. The van der Waals surface area contributed by atoms with Crippen molar-refractivity contribution >= 4 is 6.03 Å². The van der Waals surface area contributed by atoms with Gasteiger partial charge in [0.05, 0.1) is 11.1 Å². The topological polar surface area (TPSA) is 58.1 Å². The average Bonchev–Trinajstić information content (AvgIpc) is 2.79. The van der Waals surface area contributed by atoms with Gasteiger partial charge < -0.3 is 10.2 Å². The fourth-order valence-electron chi connectivity index (χ4n) is 2.50. The number of carbonyl (C=O) groups is 1. The number of halogens is 2. The van der Waals surface area contributed by atoms with Gasteiger partial charge in [0, 0.05) is 25.0 Å². The Morgan fingerprint density at radius 1 is 1.12 bits per heavy atom. The molecule has 2 aromatic rings. The van der Waals surface area contributed by atoms with Crippen molar-refractivity contribution in [1.29, 1.82) is 0 Å². The van der Waals surface area contributed by atoms with Gasteiger partial charge in [0.25, 0.3) is 0 Å². The van der Waals surface area contributed by atoms with Crippen LogP contribution in [-0.4, -0.2) is 33.5 Å². The molecule has 0 bridgehead atoms. The van der Waals surface area contributed by atoms with Crippen LogP contribution in [0.3, 0.4) is 0 Å². The van der Waals surface area contributed by atoms with Gasteiger partial charge >= 0.3 is 6.03 Å². The zero-order valence-electron chi connectivity index (χ0n) is 14.0. The summed E-state index contributed by atoms with van der Waals surface area (Å²) in [6.07, 6.45) is 3.07. The standard InChI is InChI=1S/C18H16F2N4O/c1-18(2)15(23-17(25)24(18)3)16-21-9-12(10-22-16)5-4-11-6-7-13(19)14(20)8-11/h6-10,15H,1-3H3,(H,23,25). The molecule has 5 nitrogen and oxygen atoms in total. The summed E-state index contributed by atoms with van der Waals surface area (Å²) in [5.74, 6) is 4.17. The van der Waals surface area contributed by atoms with Crippen LogP contribution in [0.4, 0.5) is 13.6 Å². The number of likely N-dealkylation sites (N-methyl/N-ethyl adjacent to an activating group) is 1. The molecule has 0 aliphatic carbocycles. The molecular formula is C18H16F2N4O. The Balaban J connectivity index is 1.81. The van der Waals surface area contributed by atoms with Gasteiger partial charge in [-0.3, -0.25) is 0 Å². The van der Waals surface area contributed by atoms with E-state index in [2.05, 4.69) is 27.1 Å². The first-order valence-corrected chi connectivity index (χ1v) is 7.62. The van der Waals surface area contributed by atoms with Crippen molar-refractivity contribution in [3.8, 4) is 11.8 Å². The smallest absolute Gasteiger partial charge is 0.318 e. The van der Waals surface area contributed by atoms with Gasteiger partial charge in [-0.1, -0.05) is 11.8 Å². The molecular weight excluding hydrogens is 326 g/mol. The maximum absolute atomic E-state index is 13.2. The summed E-state index contributed by atoms with van der Waals surface area (Å²) in [6.45, 7) is 3.85. The highest BCUT2D eigenvalue weighted by Crippen LogP contribution is 2.33. The van der Waals surface area contributed by atoms with E-state index >= 15 is 0 Å². The fourth-order valence-corrected chi connectivity index (χ4v) is 2.50. The summed E-state index contributed by atoms with van der Waals surface area (Å²) in [7, 11) is 1.72. The first-order chi connectivity index (χ1) is 11.8. The SMILES string of the molecule is CN1C(=O)NC(c2ncc(C#Cc3ccc(F)c(F)c3)cn2)C1(C)C. The molecule has 1 aliphatic heterocycles. The molecule has 25 heavy (non-hydrogen) atoms. The summed E-state index contributed by atoms with van der Waals surface area (Å²) >= 11 is 0. The third kappa shape index (κ3) is 3.15. The van der Waals surface area contributed by atoms with E-state index in [0.29, 0.717) is 17.0 Å². The molecule has 2 heterocycles. The predicted octanol–water partition coefficient (Wildman–Crippen LogP) is 2.63. The second-order valence-electron chi connectivity index (χ2n) is 6.30. The molecule has 0 spiro atoms. The highest BCUT2D eigenvalue weighted by molar-refractivity contribution is 5.78. The van der Waals surface area contributed by atoms with E-state index in [1.807, 2.05) is 13.8 Å². The number of benzene rings is 1. The summed E-state index contributed by atoms with van der Waals surface area (Å²) in [5, 5.41) is 2.85. The summed E-state index contributed by atoms with van der Waals surface area (Å²) < 4.78 is 26.1. The molecule has 1 aromatic heterocycles. The number of nitrogens with zero attached hydrogens (tertiary/aromatic N) is 3. The second kappa shape index (κ2) is 6.13. The van der Waals surface area contributed by atoms with Crippen LogP contribution in [0.5, 0.6) is 0 Å². The van der Waals surface area contributed by atoms with E-state index in [9.17, 15) is 13.6 Å². The zero-order valence-corrected chi connectivity index (χ0v) is 14.0. The summed E-state index contributed by atoms with van der Waals surface area (Å²) in [4.78, 5) is 22.0. The van der Waals surface area contributed by atoms with E-state index in [0.717, 1.165) is 12.1 Å². The van der Waals surface area contributed by atoms with Crippen molar-refractivity contribution in [1.82, 2.24) is 20.2 Å². The molecule has 1 atom stereocenters. The molecule has 1 fully saturated rings. The van der Waals surface area contributed by atoms with Crippen molar-refractivity contribution in [3.63, 3.8) is 0 Å². The van der Waals surface area contributed by atoms with E-state index in [1.54, 1.807) is 11.9 Å². The number of amides is 2. The zero-order chi connectivity index (χ0) is 18.2. The van der Waals surface area contributed by atoms with Gasteiger partial charge in [0.2, 0.25) is 0 Å². The molecule has 128 valence electrons. The lowest BCUT2D eigenvalue weighted by Gasteiger charge is -2.30. The molecule has 1 N–H and O–H groups in total. The minimum Gasteiger partial charge on any atom is -0.326 e. The van der Waals surface area contributed by atoms with Gasteiger partial charge in [-0.05, 0) is 32.0 Å². The Morgan fingerprint density at radius 3 is 2.32 bits per heavy atom.